The number of thioether (sulfide) groups is 1. The van der Waals surface area contributed by atoms with Gasteiger partial charge in [-0.1, -0.05) is 18.2 Å². The molecule has 28 heavy (non-hydrogen) atoms. The number of aliphatic carboxylic acids is 1. The van der Waals surface area contributed by atoms with Gasteiger partial charge in [0.15, 0.2) is 0 Å². The second kappa shape index (κ2) is 10.1. The summed E-state index contributed by atoms with van der Waals surface area (Å²) < 4.78 is 0. The molecule has 0 saturated heterocycles. The van der Waals surface area contributed by atoms with E-state index in [9.17, 15) is 19.5 Å². The lowest BCUT2D eigenvalue weighted by atomic mass is 10.0. The van der Waals surface area contributed by atoms with Gasteiger partial charge in [-0.2, -0.15) is 11.8 Å². The smallest absolute Gasteiger partial charge is 0.326 e. The highest BCUT2D eigenvalue weighted by Crippen LogP contribution is 2.18. The Bertz CT molecular complexity index is 838. The lowest BCUT2D eigenvalue weighted by molar-refractivity contribution is -0.142. The number of fused-ring (bicyclic) bond motifs is 1. The van der Waals surface area contributed by atoms with E-state index in [0.717, 1.165) is 16.5 Å². The van der Waals surface area contributed by atoms with Gasteiger partial charge in [0, 0.05) is 17.1 Å². The van der Waals surface area contributed by atoms with E-state index in [1.807, 2.05) is 36.7 Å². The molecule has 8 nitrogen and oxygen atoms in total. The fourth-order valence-electron chi connectivity index (χ4n) is 2.81. The van der Waals surface area contributed by atoms with Crippen molar-refractivity contribution in [2.24, 2.45) is 5.73 Å². The Morgan fingerprint density at radius 3 is 2.61 bits per heavy atom. The Labute approximate surface area is 167 Å². The van der Waals surface area contributed by atoms with Crippen LogP contribution < -0.4 is 16.4 Å². The molecule has 0 aliphatic rings. The maximum absolute atomic E-state index is 12.4. The Morgan fingerprint density at radius 2 is 1.93 bits per heavy atom. The molecule has 0 aliphatic heterocycles. The van der Waals surface area contributed by atoms with Crippen LogP contribution in [0.3, 0.4) is 0 Å². The number of rotatable bonds is 10. The number of para-hydroxylation sites is 1. The van der Waals surface area contributed by atoms with E-state index >= 15 is 0 Å². The summed E-state index contributed by atoms with van der Waals surface area (Å²) in [4.78, 5) is 39.0. The number of carboxylic acids is 1. The van der Waals surface area contributed by atoms with Crippen LogP contribution in [0.1, 0.15) is 18.9 Å². The van der Waals surface area contributed by atoms with Crippen LogP contribution >= 0.6 is 11.8 Å². The van der Waals surface area contributed by atoms with Crippen LogP contribution in [0.25, 0.3) is 10.9 Å². The topological polar surface area (TPSA) is 137 Å². The van der Waals surface area contributed by atoms with Gasteiger partial charge in [-0.3, -0.25) is 9.59 Å². The molecule has 0 fully saturated rings. The third-order valence-electron chi connectivity index (χ3n) is 4.43. The van der Waals surface area contributed by atoms with Crippen molar-refractivity contribution < 1.29 is 19.5 Å². The normalized spacial score (nSPS) is 14.2. The van der Waals surface area contributed by atoms with Gasteiger partial charge >= 0.3 is 5.97 Å². The van der Waals surface area contributed by atoms with Gasteiger partial charge in [0.05, 0.1) is 6.04 Å². The fourth-order valence-corrected chi connectivity index (χ4v) is 3.28. The first-order valence-corrected chi connectivity index (χ1v) is 10.4. The summed E-state index contributed by atoms with van der Waals surface area (Å²) in [7, 11) is 0. The van der Waals surface area contributed by atoms with Gasteiger partial charge in [-0.25, -0.2) is 4.79 Å². The summed E-state index contributed by atoms with van der Waals surface area (Å²) in [6.45, 7) is 1.50. The Hall–Kier alpha value is -2.52. The Morgan fingerprint density at radius 1 is 1.21 bits per heavy atom. The molecular weight excluding hydrogens is 380 g/mol. The SMILES string of the molecule is CSCC[C@H](NC(=O)[C@H](C)NC(=O)[C@@H](N)Cc1c[nH]c2ccccc12)C(=O)O. The van der Waals surface area contributed by atoms with Crippen molar-refractivity contribution in [2.75, 3.05) is 12.0 Å². The van der Waals surface area contributed by atoms with Crippen molar-refractivity contribution in [1.82, 2.24) is 15.6 Å². The second-order valence-electron chi connectivity index (χ2n) is 6.58. The quantitative estimate of drug-likeness (QED) is 0.397. The molecule has 1 heterocycles. The van der Waals surface area contributed by atoms with E-state index in [-0.39, 0.29) is 0 Å². The number of carbonyl (C=O) groups is 3. The third-order valence-corrected chi connectivity index (χ3v) is 5.07. The summed E-state index contributed by atoms with van der Waals surface area (Å²) in [6.07, 6.45) is 4.30. The molecule has 0 saturated carbocycles. The van der Waals surface area contributed by atoms with Gasteiger partial charge < -0.3 is 26.5 Å². The fraction of sp³-hybridized carbons (Fsp3) is 0.421. The minimum absolute atomic E-state index is 0.309. The monoisotopic (exact) mass is 406 g/mol. The van der Waals surface area contributed by atoms with Crippen LogP contribution in [0.4, 0.5) is 0 Å². The summed E-state index contributed by atoms with van der Waals surface area (Å²) in [5.41, 5.74) is 7.88. The number of nitrogens with one attached hydrogen (secondary N) is 3. The molecule has 6 N–H and O–H groups in total. The average Bonchev–Trinajstić information content (AvgIpc) is 3.07. The molecular formula is C19H26N4O4S. The number of hydrogen-bond donors (Lipinski definition) is 5. The predicted molar refractivity (Wildman–Crippen MR) is 110 cm³/mol. The molecule has 152 valence electrons. The molecule has 9 heteroatoms. The number of benzene rings is 1. The first-order valence-electron chi connectivity index (χ1n) is 8.96. The van der Waals surface area contributed by atoms with Crippen molar-refractivity contribution in [3.63, 3.8) is 0 Å². The molecule has 0 radical (unpaired) electrons. The first-order chi connectivity index (χ1) is 13.3. The van der Waals surface area contributed by atoms with Crippen LogP contribution in [0.2, 0.25) is 0 Å². The number of carbonyl (C=O) groups excluding carboxylic acids is 2. The molecule has 0 aliphatic carbocycles. The molecule has 2 amide bonds. The molecule has 1 aromatic heterocycles. The maximum Gasteiger partial charge on any atom is 0.326 e. The number of H-pyrrole nitrogens is 1. The van der Waals surface area contributed by atoms with Crippen LogP contribution in [-0.4, -0.2) is 58.0 Å². The largest absolute Gasteiger partial charge is 0.480 e. The number of aromatic nitrogens is 1. The van der Waals surface area contributed by atoms with Crippen LogP contribution in [0.15, 0.2) is 30.5 Å². The zero-order valence-electron chi connectivity index (χ0n) is 15.9. The molecule has 0 spiro atoms. The van der Waals surface area contributed by atoms with Gasteiger partial charge in [-0.15, -0.1) is 0 Å². The van der Waals surface area contributed by atoms with E-state index in [2.05, 4.69) is 15.6 Å². The lowest BCUT2D eigenvalue weighted by Crippen LogP contribution is -2.53. The highest BCUT2D eigenvalue weighted by Gasteiger charge is 2.25. The molecule has 2 aromatic rings. The molecule has 3 atom stereocenters. The lowest BCUT2D eigenvalue weighted by Gasteiger charge is -2.20. The molecule has 0 bridgehead atoms. The number of hydrogen-bond acceptors (Lipinski definition) is 5. The Kier molecular flexibility index (Phi) is 7.89. The average molecular weight is 407 g/mol. The van der Waals surface area contributed by atoms with E-state index in [4.69, 9.17) is 5.73 Å². The minimum Gasteiger partial charge on any atom is -0.480 e. The number of carboxylic acid groups (broad SMARTS) is 1. The zero-order valence-corrected chi connectivity index (χ0v) is 16.7. The predicted octanol–water partition coefficient (Wildman–Crippen LogP) is 0.865. The van der Waals surface area contributed by atoms with E-state index < -0.39 is 35.9 Å². The highest BCUT2D eigenvalue weighted by molar-refractivity contribution is 7.98. The summed E-state index contributed by atoms with van der Waals surface area (Å²) >= 11 is 1.50. The van der Waals surface area contributed by atoms with Crippen LogP contribution in [-0.2, 0) is 20.8 Å². The van der Waals surface area contributed by atoms with Gasteiger partial charge in [0.25, 0.3) is 0 Å². The Balaban J connectivity index is 1.91. The van der Waals surface area contributed by atoms with Gasteiger partial charge in [0.1, 0.15) is 12.1 Å². The second-order valence-corrected chi connectivity index (χ2v) is 7.57. The van der Waals surface area contributed by atoms with Crippen molar-refractivity contribution in [3.8, 4) is 0 Å². The molecule has 0 unspecified atom stereocenters. The van der Waals surface area contributed by atoms with E-state index in [0.29, 0.717) is 18.6 Å². The highest BCUT2D eigenvalue weighted by atomic mass is 32.2. The summed E-state index contributed by atoms with van der Waals surface area (Å²) in [5, 5.41) is 15.2. The molecule has 1 aromatic carbocycles. The van der Waals surface area contributed by atoms with E-state index in [1.54, 1.807) is 0 Å². The first kappa shape index (κ1) is 21.8. The van der Waals surface area contributed by atoms with E-state index in [1.165, 1.54) is 18.7 Å². The van der Waals surface area contributed by atoms with Gasteiger partial charge in [-0.05, 0) is 43.4 Å². The van der Waals surface area contributed by atoms with Crippen molar-refractivity contribution >= 4 is 40.4 Å². The van der Waals surface area contributed by atoms with Gasteiger partial charge in [0.2, 0.25) is 11.8 Å². The third kappa shape index (κ3) is 5.74. The zero-order chi connectivity index (χ0) is 20.7. The van der Waals surface area contributed by atoms with Crippen molar-refractivity contribution in [2.45, 2.75) is 37.9 Å². The van der Waals surface area contributed by atoms with Crippen LogP contribution in [0, 0.1) is 0 Å². The van der Waals surface area contributed by atoms with Crippen molar-refractivity contribution in [3.05, 3.63) is 36.0 Å². The summed E-state index contributed by atoms with van der Waals surface area (Å²) in [5.74, 6) is -1.52. The number of amides is 2. The number of nitrogens with two attached hydrogens (primary N) is 1. The molecule has 2 rings (SSSR count). The minimum atomic E-state index is -1.10. The number of aromatic amines is 1. The van der Waals surface area contributed by atoms with Crippen molar-refractivity contribution in [1.29, 1.82) is 0 Å². The summed E-state index contributed by atoms with van der Waals surface area (Å²) in [6, 6.07) is 5.00. The maximum atomic E-state index is 12.4. The standard InChI is InChI=1S/C19H26N4O4S/c1-11(17(24)23-16(19(26)27)7-8-28-2)22-18(25)14(20)9-12-10-21-15-6-4-3-5-13(12)15/h3-6,10-11,14,16,21H,7-9,20H2,1-2H3,(H,22,25)(H,23,24)(H,26,27)/t11-,14-,16-/m0/s1. The van der Waals surface area contributed by atoms with Crippen LogP contribution in [0.5, 0.6) is 0 Å².